The fourth-order valence-electron chi connectivity index (χ4n) is 1.88. The molecule has 112 valence electrons. The van der Waals surface area contributed by atoms with Crippen molar-refractivity contribution in [1.29, 1.82) is 0 Å². The molecule has 0 bridgehead atoms. The van der Waals surface area contributed by atoms with Gasteiger partial charge in [0.05, 0.1) is 0 Å². The maximum atomic E-state index is 11.7. The Labute approximate surface area is 126 Å². The summed E-state index contributed by atoms with van der Waals surface area (Å²) in [7, 11) is 0. The van der Waals surface area contributed by atoms with Crippen LogP contribution < -0.4 is 5.32 Å². The lowest BCUT2D eigenvalue weighted by molar-refractivity contribution is -0.120. The number of hydrogen-bond donors (Lipinski definition) is 2. The number of carbonyl (C=O) groups is 1. The van der Waals surface area contributed by atoms with E-state index in [1.807, 2.05) is 0 Å². The highest BCUT2D eigenvalue weighted by molar-refractivity contribution is 7.99. The summed E-state index contributed by atoms with van der Waals surface area (Å²) in [6.07, 6.45) is 2.28. The molecule has 1 rings (SSSR count). The van der Waals surface area contributed by atoms with Crippen molar-refractivity contribution in [2.75, 3.05) is 18.9 Å². The van der Waals surface area contributed by atoms with Gasteiger partial charge in [0.15, 0.2) is 0 Å². The maximum absolute atomic E-state index is 11.7. The molecule has 0 saturated carbocycles. The van der Waals surface area contributed by atoms with Crippen LogP contribution in [0, 0.1) is 12.8 Å². The van der Waals surface area contributed by atoms with E-state index in [0.717, 1.165) is 18.6 Å². The molecule has 0 saturated heterocycles. The summed E-state index contributed by atoms with van der Waals surface area (Å²) in [6.45, 7) is 5.01. The van der Waals surface area contributed by atoms with Crippen molar-refractivity contribution < 1.29 is 9.90 Å². The molecule has 0 aliphatic heterocycles. The van der Waals surface area contributed by atoms with E-state index in [2.05, 4.69) is 43.4 Å². The fourth-order valence-corrected chi connectivity index (χ4v) is 2.73. The van der Waals surface area contributed by atoms with Crippen molar-refractivity contribution in [3.63, 3.8) is 0 Å². The molecule has 4 heteroatoms. The third-order valence-corrected chi connectivity index (χ3v) is 4.34. The number of hydrogen-bond acceptors (Lipinski definition) is 3. The number of benzene rings is 1. The van der Waals surface area contributed by atoms with Gasteiger partial charge in [-0.05, 0) is 31.4 Å². The second-order valence-corrected chi connectivity index (χ2v) is 6.17. The van der Waals surface area contributed by atoms with Crippen LogP contribution in [0.25, 0.3) is 0 Å². The minimum atomic E-state index is 0.0981. The number of thioether (sulfide) groups is 1. The molecule has 0 aliphatic rings. The van der Waals surface area contributed by atoms with Gasteiger partial charge in [0.25, 0.3) is 0 Å². The molecule has 2 N–H and O–H groups in total. The largest absolute Gasteiger partial charge is 0.396 e. The zero-order valence-electron chi connectivity index (χ0n) is 12.4. The van der Waals surface area contributed by atoms with Crippen molar-refractivity contribution >= 4 is 17.7 Å². The second kappa shape index (κ2) is 9.83. The van der Waals surface area contributed by atoms with Crippen LogP contribution in [0.1, 0.15) is 31.7 Å². The molecule has 1 aromatic rings. The highest BCUT2D eigenvalue weighted by Crippen LogP contribution is 2.18. The number of rotatable bonds is 9. The van der Waals surface area contributed by atoms with Crippen molar-refractivity contribution in [3.05, 3.63) is 29.8 Å². The van der Waals surface area contributed by atoms with Crippen molar-refractivity contribution in [2.24, 2.45) is 5.92 Å². The number of carbonyl (C=O) groups excluding carboxylic acids is 1. The predicted molar refractivity (Wildman–Crippen MR) is 85.0 cm³/mol. The zero-order chi connectivity index (χ0) is 14.8. The Morgan fingerprint density at radius 3 is 2.65 bits per heavy atom. The lowest BCUT2D eigenvalue weighted by atomic mass is 10.0. The van der Waals surface area contributed by atoms with E-state index < -0.39 is 0 Å². The van der Waals surface area contributed by atoms with Crippen LogP contribution in [-0.2, 0) is 4.79 Å². The number of amides is 1. The van der Waals surface area contributed by atoms with Crippen molar-refractivity contribution in [1.82, 2.24) is 5.32 Å². The molecule has 0 heterocycles. The quantitative estimate of drug-likeness (QED) is 0.689. The van der Waals surface area contributed by atoms with E-state index in [4.69, 9.17) is 5.11 Å². The Bertz CT molecular complexity index is 392. The van der Waals surface area contributed by atoms with Crippen molar-refractivity contribution in [3.8, 4) is 0 Å². The van der Waals surface area contributed by atoms with Gasteiger partial charge in [0.2, 0.25) is 5.91 Å². The van der Waals surface area contributed by atoms with Gasteiger partial charge in [0.1, 0.15) is 0 Å². The van der Waals surface area contributed by atoms with Gasteiger partial charge in [-0.25, -0.2) is 0 Å². The van der Waals surface area contributed by atoms with Crippen LogP contribution in [-0.4, -0.2) is 29.9 Å². The van der Waals surface area contributed by atoms with Crippen LogP contribution >= 0.6 is 11.8 Å². The fraction of sp³-hybridized carbons (Fsp3) is 0.562. The van der Waals surface area contributed by atoms with Crippen LogP contribution in [0.2, 0.25) is 0 Å². The summed E-state index contributed by atoms with van der Waals surface area (Å²) < 4.78 is 0. The van der Waals surface area contributed by atoms with E-state index >= 15 is 0 Å². The van der Waals surface area contributed by atoms with Gasteiger partial charge >= 0.3 is 0 Å². The van der Waals surface area contributed by atoms with Gasteiger partial charge in [0, 0.05) is 30.2 Å². The molecule has 1 aromatic carbocycles. The van der Waals surface area contributed by atoms with Gasteiger partial charge in [-0.2, -0.15) is 0 Å². The maximum Gasteiger partial charge on any atom is 0.220 e. The Kier molecular flexibility index (Phi) is 8.38. The highest BCUT2D eigenvalue weighted by atomic mass is 32.2. The average molecular weight is 295 g/mol. The first kappa shape index (κ1) is 17.1. The van der Waals surface area contributed by atoms with Crippen LogP contribution in [0.4, 0.5) is 0 Å². The third-order valence-electron chi connectivity index (χ3n) is 3.32. The number of aliphatic hydroxyl groups excluding tert-OH is 1. The molecule has 0 spiro atoms. The predicted octanol–water partition coefficient (Wildman–Crippen LogP) is 3.00. The second-order valence-electron chi connectivity index (χ2n) is 5.00. The van der Waals surface area contributed by atoms with E-state index in [9.17, 15) is 4.79 Å². The molecule has 1 unspecified atom stereocenters. The summed E-state index contributed by atoms with van der Waals surface area (Å²) in [6, 6.07) is 8.35. The summed E-state index contributed by atoms with van der Waals surface area (Å²) in [4.78, 5) is 12.9. The summed E-state index contributed by atoms with van der Waals surface area (Å²) >= 11 is 1.71. The van der Waals surface area contributed by atoms with Gasteiger partial charge in [-0.15, -0.1) is 11.8 Å². The monoisotopic (exact) mass is 295 g/mol. The minimum absolute atomic E-state index is 0.0981. The molecular formula is C16H25NO2S. The molecule has 0 aromatic heterocycles. The third kappa shape index (κ3) is 6.96. The first-order chi connectivity index (χ1) is 9.65. The molecule has 20 heavy (non-hydrogen) atoms. The Morgan fingerprint density at radius 1 is 1.35 bits per heavy atom. The number of nitrogens with one attached hydrogen (secondary N) is 1. The van der Waals surface area contributed by atoms with Crippen LogP contribution in [0.15, 0.2) is 29.2 Å². The highest BCUT2D eigenvalue weighted by Gasteiger charge is 2.08. The van der Waals surface area contributed by atoms with Crippen LogP contribution in [0.3, 0.4) is 0 Å². The van der Waals surface area contributed by atoms with Gasteiger partial charge in [-0.3, -0.25) is 4.79 Å². The number of aliphatic hydroxyl groups is 1. The van der Waals surface area contributed by atoms with Crippen molar-refractivity contribution in [2.45, 2.75) is 38.0 Å². The molecule has 0 radical (unpaired) electrons. The van der Waals surface area contributed by atoms with E-state index in [1.54, 1.807) is 11.8 Å². The normalized spacial score (nSPS) is 12.2. The topological polar surface area (TPSA) is 49.3 Å². The summed E-state index contributed by atoms with van der Waals surface area (Å²) in [5.74, 6) is 1.28. The molecule has 1 amide bonds. The summed E-state index contributed by atoms with van der Waals surface area (Å²) in [5, 5.41) is 11.9. The molecule has 0 fully saturated rings. The van der Waals surface area contributed by atoms with E-state index in [0.29, 0.717) is 18.9 Å². The zero-order valence-corrected chi connectivity index (χ0v) is 13.2. The Hall–Kier alpha value is -1.00. The molecular weight excluding hydrogens is 270 g/mol. The minimum Gasteiger partial charge on any atom is -0.396 e. The lowest BCUT2D eigenvalue weighted by Gasteiger charge is -2.14. The van der Waals surface area contributed by atoms with Crippen LogP contribution in [0.5, 0.6) is 0 Å². The van der Waals surface area contributed by atoms with Gasteiger partial charge < -0.3 is 10.4 Å². The molecule has 0 aliphatic carbocycles. The molecule has 3 nitrogen and oxygen atoms in total. The molecule has 1 atom stereocenters. The Balaban J connectivity index is 2.18. The average Bonchev–Trinajstić information content (AvgIpc) is 2.45. The van der Waals surface area contributed by atoms with E-state index in [1.165, 1.54) is 10.5 Å². The first-order valence-corrected chi connectivity index (χ1v) is 8.21. The SMILES string of the molecule is CCC(CCO)CNC(=O)CCSc1ccc(C)cc1. The lowest BCUT2D eigenvalue weighted by Crippen LogP contribution is -2.29. The summed E-state index contributed by atoms with van der Waals surface area (Å²) in [5.41, 5.74) is 1.25. The number of aryl methyl sites for hydroxylation is 1. The first-order valence-electron chi connectivity index (χ1n) is 7.22. The standard InChI is InChI=1S/C16H25NO2S/c1-3-14(8-10-18)12-17-16(19)9-11-20-15-6-4-13(2)5-7-15/h4-7,14,18H,3,8-12H2,1-2H3,(H,17,19). The smallest absolute Gasteiger partial charge is 0.220 e. The van der Waals surface area contributed by atoms with E-state index in [-0.39, 0.29) is 12.5 Å². The Morgan fingerprint density at radius 2 is 2.05 bits per heavy atom. The van der Waals surface area contributed by atoms with Gasteiger partial charge in [-0.1, -0.05) is 31.0 Å².